The van der Waals surface area contributed by atoms with Crippen LogP contribution in [0.3, 0.4) is 0 Å². The van der Waals surface area contributed by atoms with Gasteiger partial charge in [-0.3, -0.25) is 9.59 Å². The summed E-state index contributed by atoms with van der Waals surface area (Å²) in [6.07, 6.45) is 4.15. The topological polar surface area (TPSA) is 109 Å². The maximum atomic E-state index is 12.0. The molecule has 8 heteroatoms. The summed E-state index contributed by atoms with van der Waals surface area (Å²) in [6.45, 7) is 5.11. The van der Waals surface area contributed by atoms with Crippen LogP contribution in [0, 0.1) is 19.8 Å². The van der Waals surface area contributed by atoms with Crippen molar-refractivity contribution in [1.29, 1.82) is 0 Å². The average Bonchev–Trinajstić information content (AvgIpc) is 2.99. The highest BCUT2D eigenvalue weighted by atomic mass is 16.5. The van der Waals surface area contributed by atoms with Crippen LogP contribution in [-0.2, 0) is 16.0 Å². The second kappa shape index (κ2) is 8.28. The van der Waals surface area contributed by atoms with Crippen molar-refractivity contribution in [2.45, 2.75) is 46.0 Å². The van der Waals surface area contributed by atoms with Gasteiger partial charge in [0.05, 0.1) is 23.4 Å². The summed E-state index contributed by atoms with van der Waals surface area (Å²) in [4.78, 5) is 33.2. The number of aromatic nitrogens is 3. The van der Waals surface area contributed by atoms with E-state index in [0.29, 0.717) is 19.0 Å². The monoisotopic (exact) mass is 372 g/mol. The van der Waals surface area contributed by atoms with Crippen molar-refractivity contribution in [2.75, 3.05) is 13.1 Å². The Morgan fingerprint density at radius 2 is 1.96 bits per heavy atom. The zero-order chi connectivity index (χ0) is 19.4. The maximum absolute atomic E-state index is 12.0. The number of piperidine rings is 1. The number of carbonyl (C=O) groups excluding carboxylic acids is 1. The van der Waals surface area contributed by atoms with Crippen LogP contribution in [0.5, 0.6) is 0 Å². The molecule has 0 saturated carbocycles. The van der Waals surface area contributed by atoms with E-state index in [1.807, 2.05) is 19.9 Å². The summed E-state index contributed by atoms with van der Waals surface area (Å²) < 4.78 is 5.22. The van der Waals surface area contributed by atoms with Gasteiger partial charge in [0, 0.05) is 25.2 Å². The third-order valence-corrected chi connectivity index (χ3v) is 5.03. The van der Waals surface area contributed by atoms with Crippen molar-refractivity contribution in [3.8, 4) is 11.3 Å². The highest BCUT2D eigenvalue weighted by molar-refractivity contribution is 5.80. The number of hydrogen-bond donors (Lipinski definition) is 1. The third kappa shape index (κ3) is 4.69. The number of carboxylic acids is 1. The van der Waals surface area contributed by atoms with Gasteiger partial charge in [0.15, 0.2) is 0 Å². The molecule has 0 aromatic carbocycles. The first kappa shape index (κ1) is 19.0. The Hall–Kier alpha value is -2.77. The molecule has 3 rings (SSSR count). The molecule has 1 aliphatic heterocycles. The highest BCUT2D eigenvalue weighted by Gasteiger charge is 2.24. The summed E-state index contributed by atoms with van der Waals surface area (Å²) in [5, 5.41) is 12.7. The quantitative estimate of drug-likeness (QED) is 0.829. The summed E-state index contributed by atoms with van der Waals surface area (Å²) in [5.41, 5.74) is 3.51. The van der Waals surface area contributed by atoms with Gasteiger partial charge in [0.2, 0.25) is 5.91 Å². The van der Waals surface area contributed by atoms with Gasteiger partial charge in [-0.1, -0.05) is 5.16 Å². The van der Waals surface area contributed by atoms with E-state index >= 15 is 0 Å². The summed E-state index contributed by atoms with van der Waals surface area (Å²) in [6, 6.07) is 1.98. The smallest absolute Gasteiger partial charge is 0.303 e. The fraction of sp³-hybridized carbons (Fsp3) is 0.526. The Balaban J connectivity index is 1.57. The van der Waals surface area contributed by atoms with Crippen molar-refractivity contribution in [1.82, 2.24) is 20.0 Å². The molecule has 0 spiro atoms. The first-order chi connectivity index (χ1) is 12.9. The van der Waals surface area contributed by atoms with Crippen LogP contribution in [0.4, 0.5) is 0 Å². The van der Waals surface area contributed by atoms with Crippen LogP contribution in [0.15, 0.2) is 16.9 Å². The highest BCUT2D eigenvalue weighted by Crippen LogP contribution is 2.27. The molecule has 0 aliphatic carbocycles. The number of rotatable bonds is 6. The Bertz CT molecular complexity index is 805. The first-order valence-electron chi connectivity index (χ1n) is 9.17. The first-order valence-corrected chi connectivity index (χ1v) is 9.17. The van der Waals surface area contributed by atoms with E-state index < -0.39 is 5.97 Å². The number of nitrogens with zero attached hydrogens (tertiary/aromatic N) is 4. The van der Waals surface area contributed by atoms with E-state index in [1.54, 1.807) is 11.2 Å². The minimum atomic E-state index is -0.934. The molecule has 0 unspecified atom stereocenters. The van der Waals surface area contributed by atoms with Crippen molar-refractivity contribution in [3.63, 3.8) is 0 Å². The van der Waals surface area contributed by atoms with E-state index in [9.17, 15) is 9.59 Å². The maximum Gasteiger partial charge on any atom is 0.303 e. The standard InChI is InChI=1S/C19H24N4O4/c1-12-19(13(2)27-22-12)16-10-15(20-11-21-16)9-14-5-7-23(8-6-14)17(24)3-4-18(25)26/h10-11,14H,3-9H2,1-2H3,(H,25,26). The molecule has 8 nitrogen and oxygen atoms in total. The van der Waals surface area contributed by atoms with E-state index in [2.05, 4.69) is 15.1 Å². The number of amides is 1. The largest absolute Gasteiger partial charge is 0.481 e. The van der Waals surface area contributed by atoms with Crippen molar-refractivity contribution >= 4 is 11.9 Å². The number of aryl methyl sites for hydroxylation is 2. The second-order valence-corrected chi connectivity index (χ2v) is 7.02. The van der Waals surface area contributed by atoms with E-state index in [1.165, 1.54) is 0 Å². The number of hydrogen-bond acceptors (Lipinski definition) is 6. The molecular formula is C19H24N4O4. The van der Waals surface area contributed by atoms with Crippen molar-refractivity contribution in [2.24, 2.45) is 5.92 Å². The summed E-state index contributed by atoms with van der Waals surface area (Å²) in [7, 11) is 0. The van der Waals surface area contributed by atoms with Crippen LogP contribution in [-0.4, -0.2) is 50.1 Å². The molecule has 0 radical (unpaired) electrons. The van der Waals surface area contributed by atoms with Gasteiger partial charge >= 0.3 is 5.97 Å². The molecule has 0 bridgehead atoms. The van der Waals surface area contributed by atoms with Crippen molar-refractivity contribution in [3.05, 3.63) is 29.5 Å². The van der Waals surface area contributed by atoms with E-state index in [0.717, 1.165) is 47.7 Å². The minimum absolute atomic E-state index is 0.0708. The van der Waals surface area contributed by atoms with Gasteiger partial charge in [-0.05, 0) is 45.1 Å². The fourth-order valence-corrected chi connectivity index (χ4v) is 3.55. The summed E-state index contributed by atoms with van der Waals surface area (Å²) >= 11 is 0. The SMILES string of the molecule is Cc1noc(C)c1-c1cc(CC2CCN(C(=O)CCC(=O)O)CC2)ncn1. The lowest BCUT2D eigenvalue weighted by Gasteiger charge is -2.32. The van der Waals surface area contributed by atoms with Gasteiger partial charge in [-0.25, -0.2) is 9.97 Å². The molecule has 3 heterocycles. The van der Waals surface area contributed by atoms with Gasteiger partial charge in [0.25, 0.3) is 0 Å². The predicted molar refractivity (Wildman–Crippen MR) is 96.9 cm³/mol. The van der Waals surface area contributed by atoms with Crippen LogP contribution in [0.25, 0.3) is 11.3 Å². The van der Waals surface area contributed by atoms with E-state index in [4.69, 9.17) is 9.63 Å². The van der Waals surface area contributed by atoms with Crippen LogP contribution in [0.1, 0.15) is 42.8 Å². The molecule has 1 amide bonds. The lowest BCUT2D eigenvalue weighted by molar-refractivity contribution is -0.141. The van der Waals surface area contributed by atoms with Gasteiger partial charge in [-0.2, -0.15) is 0 Å². The Kier molecular flexibility index (Phi) is 5.83. The molecule has 2 aromatic rings. The molecule has 2 aromatic heterocycles. The third-order valence-electron chi connectivity index (χ3n) is 5.03. The van der Waals surface area contributed by atoms with Gasteiger partial charge in [-0.15, -0.1) is 0 Å². The zero-order valence-electron chi connectivity index (χ0n) is 15.6. The Morgan fingerprint density at radius 3 is 2.59 bits per heavy atom. The molecule has 1 N–H and O–H groups in total. The summed E-state index contributed by atoms with van der Waals surface area (Å²) in [5.74, 6) is 0.181. The van der Waals surface area contributed by atoms with Crippen LogP contribution < -0.4 is 0 Å². The van der Waals surface area contributed by atoms with Gasteiger partial charge < -0.3 is 14.5 Å². The fourth-order valence-electron chi connectivity index (χ4n) is 3.55. The minimum Gasteiger partial charge on any atom is -0.481 e. The predicted octanol–water partition coefficient (Wildman–Crippen LogP) is 2.39. The molecule has 1 aliphatic rings. The van der Waals surface area contributed by atoms with Crippen molar-refractivity contribution < 1.29 is 19.2 Å². The normalized spacial score (nSPS) is 15.1. The second-order valence-electron chi connectivity index (χ2n) is 7.02. The molecule has 1 fully saturated rings. The van der Waals surface area contributed by atoms with Crippen LogP contribution >= 0.6 is 0 Å². The molecule has 0 atom stereocenters. The van der Waals surface area contributed by atoms with Gasteiger partial charge in [0.1, 0.15) is 12.1 Å². The average molecular weight is 372 g/mol. The number of likely N-dealkylation sites (tertiary alicyclic amines) is 1. The Labute approximate surface area is 157 Å². The number of carbonyl (C=O) groups is 2. The van der Waals surface area contributed by atoms with Crippen LogP contribution in [0.2, 0.25) is 0 Å². The molecule has 1 saturated heterocycles. The van der Waals surface area contributed by atoms with E-state index in [-0.39, 0.29) is 18.7 Å². The lowest BCUT2D eigenvalue weighted by atomic mass is 9.91. The Morgan fingerprint density at radius 1 is 1.22 bits per heavy atom. The number of carboxylic acid groups (broad SMARTS) is 1. The lowest BCUT2D eigenvalue weighted by Crippen LogP contribution is -2.39. The number of aliphatic carboxylic acids is 1. The molecular weight excluding hydrogens is 348 g/mol. The molecule has 27 heavy (non-hydrogen) atoms. The zero-order valence-corrected chi connectivity index (χ0v) is 15.6. The molecule has 144 valence electrons.